The van der Waals surface area contributed by atoms with E-state index in [0.29, 0.717) is 10.7 Å². The largest absolute Gasteiger partial charge is 0.376 e. The molecule has 146 valence electrons. The maximum atomic E-state index is 12.6. The zero-order valence-corrected chi connectivity index (χ0v) is 17.1. The number of hydrogen-bond acceptors (Lipinski definition) is 3. The van der Waals surface area contributed by atoms with Crippen molar-refractivity contribution in [1.29, 1.82) is 5.26 Å². The van der Waals surface area contributed by atoms with Crippen LogP contribution in [-0.4, -0.2) is 23.2 Å². The molecule has 1 N–H and O–H groups in total. The quantitative estimate of drug-likeness (QED) is 0.582. The molecule has 2 heterocycles. The van der Waals surface area contributed by atoms with Gasteiger partial charge in [-0.1, -0.05) is 17.7 Å². The molecule has 6 heteroatoms. The molecule has 0 spiro atoms. The smallest absolute Gasteiger partial charge is 0.266 e. The van der Waals surface area contributed by atoms with Crippen molar-refractivity contribution in [2.45, 2.75) is 46.3 Å². The molecule has 1 aliphatic heterocycles. The lowest BCUT2D eigenvalue weighted by Gasteiger charge is -2.14. The number of amides is 1. The Kier molecular flexibility index (Phi) is 6.23. The van der Waals surface area contributed by atoms with E-state index in [-0.39, 0.29) is 11.7 Å². The summed E-state index contributed by atoms with van der Waals surface area (Å²) in [5, 5.41) is 12.7. The van der Waals surface area contributed by atoms with Crippen molar-refractivity contribution in [2.75, 3.05) is 11.9 Å². The molecule has 1 aliphatic rings. The number of halogens is 1. The Balaban J connectivity index is 1.82. The van der Waals surface area contributed by atoms with Crippen LogP contribution in [0.4, 0.5) is 5.69 Å². The monoisotopic (exact) mass is 397 g/mol. The first-order valence-corrected chi connectivity index (χ1v) is 9.74. The number of carbonyl (C=O) groups is 1. The molecule has 1 amide bonds. The average molecular weight is 398 g/mol. The lowest BCUT2D eigenvalue weighted by Crippen LogP contribution is -2.17. The summed E-state index contributed by atoms with van der Waals surface area (Å²) in [6, 6.07) is 9.36. The van der Waals surface area contributed by atoms with Gasteiger partial charge in [-0.25, -0.2) is 0 Å². The molecule has 0 aliphatic carbocycles. The molecule has 0 unspecified atom stereocenters. The summed E-state index contributed by atoms with van der Waals surface area (Å²) in [5.41, 5.74) is 4.48. The number of anilines is 1. The van der Waals surface area contributed by atoms with E-state index in [0.717, 1.165) is 48.5 Å². The number of ether oxygens (including phenoxy) is 1. The average Bonchev–Trinajstić information content (AvgIpc) is 3.26. The summed E-state index contributed by atoms with van der Waals surface area (Å²) < 4.78 is 7.92. The van der Waals surface area contributed by atoms with Gasteiger partial charge in [-0.3, -0.25) is 4.79 Å². The third-order valence-corrected chi connectivity index (χ3v) is 5.37. The Morgan fingerprint density at radius 2 is 2.18 bits per heavy atom. The maximum absolute atomic E-state index is 12.6. The van der Waals surface area contributed by atoms with Crippen LogP contribution in [-0.2, 0) is 16.1 Å². The van der Waals surface area contributed by atoms with Crippen molar-refractivity contribution in [1.82, 2.24) is 4.57 Å². The Morgan fingerprint density at radius 1 is 1.39 bits per heavy atom. The van der Waals surface area contributed by atoms with Gasteiger partial charge in [-0.05, 0) is 69.0 Å². The maximum Gasteiger partial charge on any atom is 0.266 e. The van der Waals surface area contributed by atoms with Crippen LogP contribution in [0.5, 0.6) is 0 Å². The summed E-state index contributed by atoms with van der Waals surface area (Å²) in [6.07, 6.45) is 4.01. The second kappa shape index (κ2) is 8.64. The second-order valence-electron chi connectivity index (χ2n) is 7.18. The molecule has 2 aromatic rings. The minimum Gasteiger partial charge on any atom is -0.376 e. The Morgan fingerprint density at radius 3 is 2.82 bits per heavy atom. The first-order valence-electron chi connectivity index (χ1n) is 9.36. The summed E-state index contributed by atoms with van der Waals surface area (Å²) in [5.74, 6) is -0.475. The predicted octanol–water partition coefficient (Wildman–Crippen LogP) is 4.79. The van der Waals surface area contributed by atoms with Crippen LogP contribution < -0.4 is 5.32 Å². The summed E-state index contributed by atoms with van der Waals surface area (Å²) >= 11 is 6.18. The summed E-state index contributed by atoms with van der Waals surface area (Å²) in [7, 11) is 0. The highest BCUT2D eigenvalue weighted by atomic mass is 35.5. The van der Waals surface area contributed by atoms with Crippen LogP contribution in [0.3, 0.4) is 0 Å². The van der Waals surface area contributed by atoms with E-state index in [2.05, 4.69) is 9.88 Å². The van der Waals surface area contributed by atoms with Gasteiger partial charge in [0.05, 0.1) is 16.8 Å². The molecule has 0 radical (unpaired) electrons. The van der Waals surface area contributed by atoms with Gasteiger partial charge in [0, 0.05) is 24.5 Å². The lowest BCUT2D eigenvalue weighted by molar-refractivity contribution is -0.112. The number of aryl methyl sites for hydroxylation is 2. The number of nitrogens with zero attached hydrogens (tertiary/aromatic N) is 2. The van der Waals surface area contributed by atoms with Gasteiger partial charge in [0.25, 0.3) is 5.91 Å². The fraction of sp³-hybridized carbons (Fsp3) is 0.364. The SMILES string of the molecule is Cc1ccc(NC(=O)/C(C#N)=C/c2cc(C)n(C[C@H]3CCCO3)c2C)c(Cl)c1. The number of benzene rings is 1. The number of carbonyl (C=O) groups excluding carboxylic acids is 1. The highest BCUT2D eigenvalue weighted by Crippen LogP contribution is 2.25. The molecule has 1 aromatic carbocycles. The van der Waals surface area contributed by atoms with Crippen molar-refractivity contribution in [3.63, 3.8) is 0 Å². The molecule has 1 atom stereocenters. The van der Waals surface area contributed by atoms with E-state index in [1.807, 2.05) is 39.0 Å². The summed E-state index contributed by atoms with van der Waals surface area (Å²) in [6.45, 7) is 7.55. The van der Waals surface area contributed by atoms with E-state index in [1.54, 1.807) is 18.2 Å². The standard InChI is InChI=1S/C22H24ClN3O2/c1-14-6-7-21(20(23)9-14)25-22(27)18(12-24)11-17-10-15(2)26(16(17)3)13-19-5-4-8-28-19/h6-7,9-11,19H,4-5,8,13H2,1-3H3,(H,25,27)/b18-11+/t19-/m1/s1. The fourth-order valence-corrected chi connectivity index (χ4v) is 3.74. The molecule has 0 saturated carbocycles. The number of hydrogen-bond donors (Lipinski definition) is 1. The minimum atomic E-state index is -0.475. The van der Waals surface area contributed by atoms with E-state index < -0.39 is 5.91 Å². The molecule has 0 bridgehead atoms. The minimum absolute atomic E-state index is 0.0361. The van der Waals surface area contributed by atoms with Crippen LogP contribution in [0.25, 0.3) is 6.08 Å². The van der Waals surface area contributed by atoms with Gasteiger partial charge in [-0.15, -0.1) is 0 Å². The third-order valence-electron chi connectivity index (χ3n) is 5.06. The van der Waals surface area contributed by atoms with Crippen molar-refractivity contribution in [2.24, 2.45) is 0 Å². The lowest BCUT2D eigenvalue weighted by atomic mass is 10.1. The molecule has 3 rings (SSSR count). The van der Waals surface area contributed by atoms with Crippen LogP contribution in [0.1, 0.15) is 35.4 Å². The summed E-state index contributed by atoms with van der Waals surface area (Å²) in [4.78, 5) is 12.6. The Hall–Kier alpha value is -2.55. The molecule has 1 fully saturated rings. The van der Waals surface area contributed by atoms with Crippen molar-refractivity contribution in [3.8, 4) is 6.07 Å². The van der Waals surface area contributed by atoms with Crippen LogP contribution in [0, 0.1) is 32.1 Å². The zero-order valence-electron chi connectivity index (χ0n) is 16.4. The topological polar surface area (TPSA) is 67.0 Å². The normalized spacial score (nSPS) is 16.8. The van der Waals surface area contributed by atoms with Crippen LogP contribution in [0.15, 0.2) is 29.8 Å². The molecule has 1 saturated heterocycles. The Labute approximate surface area is 170 Å². The van der Waals surface area contributed by atoms with Crippen molar-refractivity contribution >= 4 is 29.3 Å². The fourth-order valence-electron chi connectivity index (χ4n) is 3.46. The Bertz CT molecular complexity index is 963. The van der Waals surface area contributed by atoms with E-state index in [9.17, 15) is 10.1 Å². The van der Waals surface area contributed by atoms with Gasteiger partial charge in [-0.2, -0.15) is 5.26 Å². The van der Waals surface area contributed by atoms with E-state index in [4.69, 9.17) is 16.3 Å². The first-order chi connectivity index (χ1) is 13.4. The highest BCUT2D eigenvalue weighted by Gasteiger charge is 2.19. The van der Waals surface area contributed by atoms with Crippen molar-refractivity contribution in [3.05, 3.63) is 57.4 Å². The molecule has 5 nitrogen and oxygen atoms in total. The number of aromatic nitrogens is 1. The first kappa shape index (κ1) is 20.2. The number of nitriles is 1. The van der Waals surface area contributed by atoms with E-state index >= 15 is 0 Å². The number of nitrogens with one attached hydrogen (secondary N) is 1. The van der Waals surface area contributed by atoms with Crippen LogP contribution in [0.2, 0.25) is 5.02 Å². The van der Waals surface area contributed by atoms with E-state index in [1.165, 1.54) is 0 Å². The van der Waals surface area contributed by atoms with Gasteiger partial charge in [0.15, 0.2) is 0 Å². The molecule has 28 heavy (non-hydrogen) atoms. The van der Waals surface area contributed by atoms with Gasteiger partial charge in [0.1, 0.15) is 11.6 Å². The predicted molar refractivity (Wildman–Crippen MR) is 111 cm³/mol. The zero-order chi connectivity index (χ0) is 20.3. The van der Waals surface area contributed by atoms with Gasteiger partial charge in [0.2, 0.25) is 0 Å². The second-order valence-corrected chi connectivity index (χ2v) is 7.59. The number of rotatable bonds is 5. The van der Waals surface area contributed by atoms with Gasteiger partial charge < -0.3 is 14.6 Å². The molecular weight excluding hydrogens is 374 g/mol. The van der Waals surface area contributed by atoms with Gasteiger partial charge >= 0.3 is 0 Å². The molecule has 1 aromatic heterocycles. The third kappa shape index (κ3) is 4.46. The molecular formula is C22H24ClN3O2. The van der Waals surface area contributed by atoms with Crippen molar-refractivity contribution < 1.29 is 9.53 Å². The highest BCUT2D eigenvalue weighted by molar-refractivity contribution is 6.34. The van der Waals surface area contributed by atoms with Crippen LogP contribution >= 0.6 is 11.6 Å².